The third-order valence-corrected chi connectivity index (χ3v) is 6.85. The highest BCUT2D eigenvalue weighted by atomic mass is 35.5. The van der Waals surface area contributed by atoms with Crippen LogP contribution in [0.5, 0.6) is 0 Å². The minimum Gasteiger partial charge on any atom is -0.308 e. The number of carbonyl (C=O) groups excluding carboxylic acids is 1. The summed E-state index contributed by atoms with van der Waals surface area (Å²) < 4.78 is 26.1. The zero-order valence-corrected chi connectivity index (χ0v) is 17.5. The molecule has 0 radical (unpaired) electrons. The highest BCUT2D eigenvalue weighted by Crippen LogP contribution is 2.30. The lowest BCUT2D eigenvalue weighted by Crippen LogP contribution is -2.31. The topological polar surface area (TPSA) is 57.7 Å². The zero-order chi connectivity index (χ0) is 20.5. The summed E-state index contributed by atoms with van der Waals surface area (Å²) in [4.78, 5) is 14.8. The number of hydrogen-bond acceptors (Lipinski definition) is 3. The fourth-order valence-corrected chi connectivity index (χ4v) is 4.45. The number of anilines is 1. The number of nitrogens with zero attached hydrogens (tertiary/aromatic N) is 2. The first-order chi connectivity index (χ1) is 13.3. The predicted molar refractivity (Wildman–Crippen MR) is 114 cm³/mol. The van der Waals surface area contributed by atoms with Crippen molar-refractivity contribution in [3.05, 3.63) is 71.2 Å². The normalized spacial score (nSPS) is 11.8. The first kappa shape index (κ1) is 20.3. The molecule has 0 saturated heterocycles. The first-order valence-electron chi connectivity index (χ1n) is 8.79. The van der Waals surface area contributed by atoms with E-state index in [-0.39, 0.29) is 21.4 Å². The van der Waals surface area contributed by atoms with Crippen LogP contribution in [0.2, 0.25) is 5.02 Å². The maximum absolute atomic E-state index is 13.3. The van der Waals surface area contributed by atoms with E-state index in [2.05, 4.69) is 0 Å². The average Bonchev–Trinajstić information content (AvgIpc) is 2.68. The molecule has 0 aromatic heterocycles. The van der Waals surface area contributed by atoms with Crippen LogP contribution in [0.15, 0.2) is 65.6 Å². The molecule has 0 spiro atoms. The summed E-state index contributed by atoms with van der Waals surface area (Å²) in [7, 11) is -0.914. The highest BCUT2D eigenvalue weighted by Gasteiger charge is 2.24. The Hall–Kier alpha value is -2.41. The summed E-state index contributed by atoms with van der Waals surface area (Å²) >= 11 is 6.11. The molecule has 7 heteroatoms. The van der Waals surface area contributed by atoms with E-state index >= 15 is 0 Å². The number of fused-ring (bicyclic) bond motifs is 1. The van der Waals surface area contributed by atoms with Gasteiger partial charge in [0.1, 0.15) is 4.90 Å². The number of hydrogen-bond donors (Lipinski definition) is 0. The third kappa shape index (κ3) is 3.63. The fourth-order valence-electron chi connectivity index (χ4n) is 3.05. The minimum atomic E-state index is -3.76. The number of rotatable bonds is 5. The summed E-state index contributed by atoms with van der Waals surface area (Å²) in [6.07, 6.45) is 0. The SMILES string of the molecule is CCN(C(=O)c1ccc(Cl)c(S(=O)(=O)N(C)C)c1)c1cccc2ccccc12. The van der Waals surface area contributed by atoms with Crippen LogP contribution in [0.4, 0.5) is 5.69 Å². The monoisotopic (exact) mass is 416 g/mol. The van der Waals surface area contributed by atoms with Crippen LogP contribution in [-0.2, 0) is 10.0 Å². The van der Waals surface area contributed by atoms with E-state index in [1.807, 2.05) is 49.4 Å². The Labute approximate surface area is 170 Å². The molecule has 0 aliphatic rings. The summed E-state index contributed by atoms with van der Waals surface area (Å²) in [5.41, 5.74) is 1.04. The summed E-state index contributed by atoms with van der Waals surface area (Å²) in [6.45, 7) is 2.32. The number of amides is 1. The van der Waals surface area contributed by atoms with Gasteiger partial charge in [0.25, 0.3) is 5.91 Å². The van der Waals surface area contributed by atoms with E-state index < -0.39 is 10.0 Å². The molecule has 0 unspecified atom stereocenters. The van der Waals surface area contributed by atoms with Gasteiger partial charge in [0.05, 0.1) is 10.7 Å². The molecular formula is C21H21ClN2O3S. The molecule has 0 fully saturated rings. The van der Waals surface area contributed by atoms with Gasteiger partial charge in [-0.3, -0.25) is 4.79 Å². The van der Waals surface area contributed by atoms with Crippen molar-refractivity contribution >= 4 is 44.0 Å². The molecule has 0 aliphatic carbocycles. The lowest BCUT2D eigenvalue weighted by Gasteiger charge is -2.23. The van der Waals surface area contributed by atoms with Crippen LogP contribution in [0, 0.1) is 0 Å². The van der Waals surface area contributed by atoms with E-state index in [1.54, 1.807) is 11.0 Å². The van der Waals surface area contributed by atoms with E-state index in [4.69, 9.17) is 11.6 Å². The molecule has 146 valence electrons. The Morgan fingerprint density at radius 1 is 1.00 bits per heavy atom. The van der Waals surface area contributed by atoms with Crippen LogP contribution < -0.4 is 4.90 Å². The molecule has 0 atom stereocenters. The van der Waals surface area contributed by atoms with Crippen LogP contribution in [0.3, 0.4) is 0 Å². The second-order valence-corrected chi connectivity index (χ2v) is 9.01. The molecule has 5 nitrogen and oxygen atoms in total. The molecule has 0 saturated carbocycles. The van der Waals surface area contributed by atoms with E-state index in [0.29, 0.717) is 6.54 Å². The summed E-state index contributed by atoms with van der Waals surface area (Å²) in [5.74, 6) is -0.286. The standard InChI is InChI=1S/C21H21ClN2O3S/c1-4-24(19-11-7-9-15-8-5-6-10-17(15)19)21(25)16-12-13-18(22)20(14-16)28(26,27)23(2)3/h5-14H,4H2,1-3H3. The summed E-state index contributed by atoms with van der Waals surface area (Å²) in [6, 6.07) is 17.9. The lowest BCUT2D eigenvalue weighted by molar-refractivity contribution is 0.0988. The van der Waals surface area contributed by atoms with Crippen molar-refractivity contribution in [2.45, 2.75) is 11.8 Å². The van der Waals surface area contributed by atoms with Gasteiger partial charge in [-0.05, 0) is 36.6 Å². The van der Waals surface area contributed by atoms with Gasteiger partial charge in [-0.1, -0.05) is 48.0 Å². The van der Waals surface area contributed by atoms with Gasteiger partial charge < -0.3 is 4.90 Å². The van der Waals surface area contributed by atoms with Gasteiger partial charge in [-0.25, -0.2) is 12.7 Å². The van der Waals surface area contributed by atoms with Gasteiger partial charge in [-0.15, -0.1) is 0 Å². The van der Waals surface area contributed by atoms with Crippen molar-refractivity contribution in [3.63, 3.8) is 0 Å². The number of benzene rings is 3. The molecule has 3 rings (SSSR count). The van der Waals surface area contributed by atoms with Crippen LogP contribution >= 0.6 is 11.6 Å². The van der Waals surface area contributed by atoms with E-state index in [9.17, 15) is 13.2 Å². The maximum Gasteiger partial charge on any atom is 0.258 e. The second-order valence-electron chi connectivity index (χ2n) is 6.48. The quantitative estimate of drug-likeness (QED) is 0.619. The Morgan fingerprint density at radius 3 is 2.36 bits per heavy atom. The van der Waals surface area contributed by atoms with Crippen molar-refractivity contribution < 1.29 is 13.2 Å². The predicted octanol–water partition coefficient (Wildman–Crippen LogP) is 4.41. The minimum absolute atomic E-state index is 0.0819. The van der Waals surface area contributed by atoms with Crippen molar-refractivity contribution in [1.29, 1.82) is 0 Å². The van der Waals surface area contributed by atoms with E-state index in [0.717, 1.165) is 20.8 Å². The van der Waals surface area contributed by atoms with Gasteiger partial charge in [0.2, 0.25) is 10.0 Å². The molecule has 3 aromatic rings. The molecule has 0 bridgehead atoms. The number of halogens is 1. The molecule has 0 aliphatic heterocycles. The number of sulfonamides is 1. The zero-order valence-electron chi connectivity index (χ0n) is 15.9. The molecule has 3 aromatic carbocycles. The largest absolute Gasteiger partial charge is 0.308 e. The van der Waals surface area contributed by atoms with Crippen molar-refractivity contribution in [1.82, 2.24) is 4.31 Å². The Bertz CT molecular complexity index is 1140. The second kappa shape index (κ2) is 7.91. The number of carbonyl (C=O) groups is 1. The Kier molecular flexibility index (Phi) is 5.74. The van der Waals surface area contributed by atoms with Crippen molar-refractivity contribution in [2.75, 3.05) is 25.5 Å². The Morgan fingerprint density at radius 2 is 1.68 bits per heavy atom. The van der Waals surface area contributed by atoms with Gasteiger partial charge >= 0.3 is 0 Å². The third-order valence-electron chi connectivity index (χ3n) is 4.56. The highest BCUT2D eigenvalue weighted by molar-refractivity contribution is 7.89. The van der Waals surface area contributed by atoms with Crippen LogP contribution in [0.1, 0.15) is 17.3 Å². The molecule has 1 amide bonds. The molecule has 0 N–H and O–H groups in total. The molecule has 28 heavy (non-hydrogen) atoms. The van der Waals surface area contributed by atoms with Gasteiger partial charge in [0, 0.05) is 31.6 Å². The van der Waals surface area contributed by atoms with Crippen LogP contribution in [-0.4, -0.2) is 39.3 Å². The maximum atomic E-state index is 13.3. The molecule has 0 heterocycles. The lowest BCUT2D eigenvalue weighted by atomic mass is 10.1. The fraction of sp³-hybridized carbons (Fsp3) is 0.190. The smallest absolute Gasteiger partial charge is 0.258 e. The van der Waals surface area contributed by atoms with Crippen molar-refractivity contribution in [2.24, 2.45) is 0 Å². The summed E-state index contributed by atoms with van der Waals surface area (Å²) in [5, 5.41) is 2.06. The Balaban J connectivity index is 2.10. The van der Waals surface area contributed by atoms with Crippen molar-refractivity contribution in [3.8, 4) is 0 Å². The first-order valence-corrected chi connectivity index (χ1v) is 10.6. The average molecular weight is 417 g/mol. The van der Waals surface area contributed by atoms with Gasteiger partial charge in [-0.2, -0.15) is 0 Å². The van der Waals surface area contributed by atoms with Gasteiger partial charge in [0.15, 0.2) is 0 Å². The van der Waals surface area contributed by atoms with Crippen LogP contribution in [0.25, 0.3) is 10.8 Å². The molecular weight excluding hydrogens is 396 g/mol. The van der Waals surface area contributed by atoms with E-state index in [1.165, 1.54) is 26.2 Å².